The lowest BCUT2D eigenvalue weighted by Gasteiger charge is -2.41. The third kappa shape index (κ3) is 4.92. The molecule has 1 saturated heterocycles. The van der Waals surface area contributed by atoms with Crippen LogP contribution in [0.15, 0.2) is 6.33 Å². The largest absolute Gasteiger partial charge is 0.396 e. The maximum atomic E-state index is 12.5. The second-order valence-corrected chi connectivity index (χ2v) is 7.07. The van der Waals surface area contributed by atoms with Crippen LogP contribution in [0, 0.1) is 5.92 Å². The molecule has 2 aliphatic rings. The van der Waals surface area contributed by atoms with Gasteiger partial charge in [-0.05, 0) is 32.1 Å². The third-order valence-corrected chi connectivity index (χ3v) is 5.21. The molecule has 0 bridgehead atoms. The van der Waals surface area contributed by atoms with Crippen molar-refractivity contribution in [2.75, 3.05) is 39.3 Å². The molecule has 1 aromatic heterocycles. The molecule has 1 aliphatic carbocycles. The van der Waals surface area contributed by atoms with Gasteiger partial charge in [0.1, 0.15) is 12.2 Å². The summed E-state index contributed by atoms with van der Waals surface area (Å²) < 4.78 is 1.99. The molecule has 140 valence electrons. The van der Waals surface area contributed by atoms with Gasteiger partial charge in [0.2, 0.25) is 0 Å². The molecule has 1 saturated carbocycles. The van der Waals surface area contributed by atoms with Crippen LogP contribution in [0.5, 0.6) is 0 Å². The summed E-state index contributed by atoms with van der Waals surface area (Å²) in [5.74, 6) is 1.73. The van der Waals surface area contributed by atoms with E-state index in [0.29, 0.717) is 19.5 Å². The van der Waals surface area contributed by atoms with E-state index in [2.05, 4.69) is 20.4 Å². The molecule has 8 heteroatoms. The van der Waals surface area contributed by atoms with Crippen LogP contribution in [0.3, 0.4) is 0 Å². The van der Waals surface area contributed by atoms with Gasteiger partial charge in [0.15, 0.2) is 0 Å². The van der Waals surface area contributed by atoms with Gasteiger partial charge in [-0.2, -0.15) is 0 Å². The first-order valence-electron chi connectivity index (χ1n) is 9.45. The van der Waals surface area contributed by atoms with E-state index in [1.807, 2.05) is 16.4 Å². The van der Waals surface area contributed by atoms with Gasteiger partial charge in [-0.15, -0.1) is 10.2 Å². The van der Waals surface area contributed by atoms with Crippen LogP contribution in [-0.4, -0.2) is 81.1 Å². The molecule has 2 heterocycles. The fourth-order valence-corrected chi connectivity index (χ4v) is 3.50. The van der Waals surface area contributed by atoms with Crippen molar-refractivity contribution in [1.82, 2.24) is 29.9 Å². The highest BCUT2D eigenvalue weighted by Gasteiger charge is 2.33. The number of carbonyl (C=O) groups excluding carboxylic acids is 1. The number of carbonyl (C=O) groups is 1. The number of hydrogen-bond acceptors (Lipinski definition) is 5. The van der Waals surface area contributed by atoms with Crippen LogP contribution in [0.2, 0.25) is 0 Å². The van der Waals surface area contributed by atoms with E-state index in [1.165, 1.54) is 12.8 Å². The lowest BCUT2D eigenvalue weighted by atomic mass is 10.1. The molecule has 2 N–H and O–H groups in total. The van der Waals surface area contributed by atoms with Crippen molar-refractivity contribution in [3.63, 3.8) is 0 Å². The molecule has 2 fully saturated rings. The minimum atomic E-state index is -0.0171. The van der Waals surface area contributed by atoms with Gasteiger partial charge in [0.05, 0.1) is 0 Å². The van der Waals surface area contributed by atoms with E-state index in [-0.39, 0.29) is 18.7 Å². The topological polar surface area (TPSA) is 86.5 Å². The number of nitrogens with one attached hydrogen (secondary N) is 1. The molecule has 1 aliphatic heterocycles. The number of aromatic nitrogens is 3. The molecular weight excluding hydrogens is 320 g/mol. The van der Waals surface area contributed by atoms with Crippen molar-refractivity contribution in [3.8, 4) is 0 Å². The summed E-state index contributed by atoms with van der Waals surface area (Å²) >= 11 is 0. The van der Waals surface area contributed by atoms with Crippen molar-refractivity contribution < 1.29 is 9.90 Å². The number of aryl methyl sites for hydroxylation is 1. The highest BCUT2D eigenvalue weighted by Crippen LogP contribution is 2.31. The second kappa shape index (κ2) is 8.62. The first kappa shape index (κ1) is 18.1. The molecule has 1 atom stereocenters. The minimum absolute atomic E-state index is 0.0171. The Hall–Kier alpha value is -1.67. The van der Waals surface area contributed by atoms with Gasteiger partial charge >= 0.3 is 6.03 Å². The number of aliphatic hydroxyl groups excluding tert-OH is 1. The lowest BCUT2D eigenvalue weighted by molar-refractivity contribution is 0.0704. The van der Waals surface area contributed by atoms with E-state index in [4.69, 9.17) is 0 Å². The summed E-state index contributed by atoms with van der Waals surface area (Å²) in [7, 11) is 0. The Morgan fingerprint density at radius 2 is 2.24 bits per heavy atom. The quantitative estimate of drug-likeness (QED) is 0.706. The fourth-order valence-electron chi connectivity index (χ4n) is 3.50. The molecule has 25 heavy (non-hydrogen) atoms. The normalized spacial score (nSPS) is 21.5. The molecule has 8 nitrogen and oxygen atoms in total. The average molecular weight is 350 g/mol. The summed E-state index contributed by atoms with van der Waals surface area (Å²) in [5.41, 5.74) is 0. The zero-order chi connectivity index (χ0) is 17.6. The SMILES string of the molecule is CCn1cnnc1CCNC(=O)N1CCN(CC2CC2)C(CCO)C1. The highest BCUT2D eigenvalue weighted by molar-refractivity contribution is 5.74. The van der Waals surface area contributed by atoms with Crippen molar-refractivity contribution in [2.45, 2.75) is 45.2 Å². The van der Waals surface area contributed by atoms with E-state index in [9.17, 15) is 9.90 Å². The van der Waals surface area contributed by atoms with Crippen LogP contribution < -0.4 is 5.32 Å². The van der Waals surface area contributed by atoms with Crippen molar-refractivity contribution >= 4 is 6.03 Å². The molecule has 1 unspecified atom stereocenters. The Kier molecular flexibility index (Phi) is 6.25. The highest BCUT2D eigenvalue weighted by atomic mass is 16.3. The van der Waals surface area contributed by atoms with Gasteiger partial charge in [-0.1, -0.05) is 0 Å². The number of amides is 2. The summed E-state index contributed by atoms with van der Waals surface area (Å²) in [4.78, 5) is 16.8. The van der Waals surface area contributed by atoms with Gasteiger partial charge in [0, 0.05) is 58.3 Å². The Morgan fingerprint density at radius 1 is 1.40 bits per heavy atom. The zero-order valence-corrected chi connectivity index (χ0v) is 15.1. The van der Waals surface area contributed by atoms with E-state index >= 15 is 0 Å². The zero-order valence-electron chi connectivity index (χ0n) is 15.1. The maximum absolute atomic E-state index is 12.5. The lowest BCUT2D eigenvalue weighted by Crippen LogP contribution is -2.57. The Morgan fingerprint density at radius 3 is 2.96 bits per heavy atom. The standard InChI is InChI=1S/C17H30N6O2/c1-2-21-13-19-20-16(21)5-7-18-17(25)23-9-8-22(11-14-3-4-14)15(12-23)6-10-24/h13-15,24H,2-12H2,1H3,(H,18,25). The van der Waals surface area contributed by atoms with E-state index in [0.717, 1.165) is 44.3 Å². The predicted molar refractivity (Wildman–Crippen MR) is 94.2 cm³/mol. The molecule has 0 radical (unpaired) electrons. The predicted octanol–water partition coefficient (Wildman–Crippen LogP) is 0.329. The van der Waals surface area contributed by atoms with E-state index in [1.54, 1.807) is 6.33 Å². The van der Waals surface area contributed by atoms with Crippen LogP contribution in [0.25, 0.3) is 0 Å². The van der Waals surface area contributed by atoms with Crippen LogP contribution in [0.1, 0.15) is 32.0 Å². The van der Waals surface area contributed by atoms with Gasteiger partial charge in [0.25, 0.3) is 0 Å². The smallest absolute Gasteiger partial charge is 0.317 e. The monoisotopic (exact) mass is 350 g/mol. The Balaban J connectivity index is 1.45. The van der Waals surface area contributed by atoms with Gasteiger partial charge in [-0.3, -0.25) is 4.90 Å². The molecule has 3 rings (SSSR count). The van der Waals surface area contributed by atoms with Crippen LogP contribution in [-0.2, 0) is 13.0 Å². The average Bonchev–Trinajstić information content (AvgIpc) is 3.32. The number of aliphatic hydroxyl groups is 1. The molecule has 1 aromatic rings. The fraction of sp³-hybridized carbons (Fsp3) is 0.824. The molecule has 0 aromatic carbocycles. The summed E-state index contributed by atoms with van der Waals surface area (Å²) in [6, 6.07) is 0.255. The summed E-state index contributed by atoms with van der Waals surface area (Å²) in [6.07, 6.45) is 5.79. The van der Waals surface area contributed by atoms with Gasteiger partial charge < -0.3 is 19.9 Å². The molecular formula is C17H30N6O2. The number of piperazine rings is 1. The number of nitrogens with zero attached hydrogens (tertiary/aromatic N) is 5. The van der Waals surface area contributed by atoms with Gasteiger partial charge in [-0.25, -0.2) is 4.79 Å². The number of urea groups is 1. The van der Waals surface area contributed by atoms with Crippen molar-refractivity contribution in [3.05, 3.63) is 12.2 Å². The minimum Gasteiger partial charge on any atom is -0.396 e. The maximum Gasteiger partial charge on any atom is 0.317 e. The first-order chi connectivity index (χ1) is 12.2. The second-order valence-electron chi connectivity index (χ2n) is 7.07. The Bertz CT molecular complexity index is 559. The van der Waals surface area contributed by atoms with Crippen molar-refractivity contribution in [1.29, 1.82) is 0 Å². The third-order valence-electron chi connectivity index (χ3n) is 5.21. The molecule has 0 spiro atoms. The van der Waals surface area contributed by atoms with Crippen LogP contribution >= 0.6 is 0 Å². The summed E-state index contributed by atoms with van der Waals surface area (Å²) in [5, 5.41) is 20.3. The first-order valence-corrected chi connectivity index (χ1v) is 9.45. The Labute approximate surface area is 149 Å². The molecule has 2 amide bonds. The number of hydrogen-bond donors (Lipinski definition) is 2. The van der Waals surface area contributed by atoms with E-state index < -0.39 is 0 Å². The number of rotatable bonds is 8. The summed E-state index contributed by atoms with van der Waals surface area (Å²) in [6.45, 7) is 7.09. The van der Waals surface area contributed by atoms with Crippen LogP contribution in [0.4, 0.5) is 4.79 Å². The van der Waals surface area contributed by atoms with Crippen molar-refractivity contribution in [2.24, 2.45) is 5.92 Å².